The van der Waals surface area contributed by atoms with Crippen molar-refractivity contribution in [2.75, 3.05) is 5.73 Å². The van der Waals surface area contributed by atoms with Gasteiger partial charge in [0.15, 0.2) is 5.78 Å². The molecule has 1 atom stereocenters. The largest absolute Gasteiger partial charge is 0.478 e. The highest BCUT2D eigenvalue weighted by atomic mass is 32.1. The van der Waals surface area contributed by atoms with E-state index in [1.165, 1.54) is 12.8 Å². The van der Waals surface area contributed by atoms with E-state index in [0.29, 0.717) is 42.0 Å². The summed E-state index contributed by atoms with van der Waals surface area (Å²) < 4.78 is 4.89. The number of nitrogens with two attached hydrogens (primary N) is 1. The summed E-state index contributed by atoms with van der Waals surface area (Å²) in [6, 6.07) is 1.83. The molecule has 0 aromatic carbocycles. The predicted octanol–water partition coefficient (Wildman–Crippen LogP) is 3.56. The number of ketones is 1. The van der Waals surface area contributed by atoms with E-state index in [0.717, 1.165) is 23.5 Å². The Morgan fingerprint density at radius 3 is 2.92 bits per heavy atom. The summed E-state index contributed by atoms with van der Waals surface area (Å²) in [6.07, 6.45) is 7.47. The molecule has 1 fully saturated rings. The fourth-order valence-corrected chi connectivity index (χ4v) is 5.17. The quantitative estimate of drug-likeness (QED) is 0.816. The molecule has 7 heteroatoms. The van der Waals surface area contributed by atoms with Crippen LogP contribution in [0, 0.1) is 11.3 Å². The Morgan fingerprint density at radius 1 is 1.48 bits per heavy atom. The minimum absolute atomic E-state index is 0.0772. The molecule has 6 nitrogen and oxygen atoms in total. The second kappa shape index (κ2) is 5.98. The SMILES string of the molecule is Nc1sc2c(c1C(=O)O)CCC(CCc1ccon1)(CC1CC1)C2=O. The summed E-state index contributed by atoms with van der Waals surface area (Å²) in [5.74, 6) is -0.354. The van der Waals surface area contributed by atoms with E-state index in [9.17, 15) is 14.7 Å². The molecule has 0 bridgehead atoms. The second-order valence-corrected chi connectivity index (χ2v) is 8.25. The van der Waals surface area contributed by atoms with Crippen LogP contribution in [0.25, 0.3) is 0 Å². The van der Waals surface area contributed by atoms with Crippen LogP contribution in [0.5, 0.6) is 0 Å². The van der Waals surface area contributed by atoms with Gasteiger partial charge in [-0.05, 0) is 43.6 Å². The van der Waals surface area contributed by atoms with Gasteiger partial charge in [-0.2, -0.15) is 0 Å². The number of nitrogen functional groups attached to an aromatic ring is 1. The number of nitrogens with zero attached hydrogens (tertiary/aromatic N) is 1. The first-order chi connectivity index (χ1) is 12.0. The van der Waals surface area contributed by atoms with Gasteiger partial charge in [-0.3, -0.25) is 4.79 Å². The molecule has 1 unspecified atom stereocenters. The molecular formula is C18H20N2O4S. The number of aryl methyl sites for hydroxylation is 1. The molecule has 132 valence electrons. The lowest BCUT2D eigenvalue weighted by atomic mass is 9.67. The molecule has 2 aliphatic rings. The number of hydrogen-bond donors (Lipinski definition) is 2. The van der Waals surface area contributed by atoms with Crippen LogP contribution in [0.2, 0.25) is 0 Å². The maximum Gasteiger partial charge on any atom is 0.338 e. The zero-order valence-corrected chi connectivity index (χ0v) is 14.6. The average molecular weight is 360 g/mol. The van der Waals surface area contributed by atoms with E-state index in [-0.39, 0.29) is 16.3 Å². The van der Waals surface area contributed by atoms with Crippen molar-refractivity contribution in [1.29, 1.82) is 0 Å². The van der Waals surface area contributed by atoms with Crippen LogP contribution in [0.3, 0.4) is 0 Å². The van der Waals surface area contributed by atoms with Gasteiger partial charge in [0.2, 0.25) is 0 Å². The van der Waals surface area contributed by atoms with Crippen LogP contribution >= 0.6 is 11.3 Å². The number of Topliss-reactive ketones (excluding diaryl/α,β-unsaturated/α-hetero) is 1. The third-order valence-electron chi connectivity index (χ3n) is 5.52. The molecule has 3 N–H and O–H groups in total. The summed E-state index contributed by atoms with van der Waals surface area (Å²) in [4.78, 5) is 25.4. The van der Waals surface area contributed by atoms with Crippen LogP contribution in [-0.2, 0) is 12.8 Å². The summed E-state index contributed by atoms with van der Waals surface area (Å²) in [5, 5.41) is 13.6. The van der Waals surface area contributed by atoms with Crippen LogP contribution in [0.4, 0.5) is 5.00 Å². The number of hydrogen-bond acceptors (Lipinski definition) is 6. The molecule has 0 saturated heterocycles. The zero-order valence-electron chi connectivity index (χ0n) is 13.8. The second-order valence-electron chi connectivity index (χ2n) is 7.20. The molecule has 4 rings (SSSR count). The van der Waals surface area contributed by atoms with Crippen LogP contribution in [0.15, 0.2) is 16.9 Å². The zero-order chi connectivity index (χ0) is 17.6. The van der Waals surface area contributed by atoms with E-state index in [1.54, 1.807) is 6.26 Å². The first-order valence-electron chi connectivity index (χ1n) is 8.59. The van der Waals surface area contributed by atoms with E-state index in [2.05, 4.69) is 5.16 Å². The molecule has 2 aromatic rings. The average Bonchev–Trinajstić information content (AvgIpc) is 3.09. The van der Waals surface area contributed by atoms with Crippen molar-refractivity contribution in [3.63, 3.8) is 0 Å². The maximum atomic E-state index is 13.4. The molecule has 25 heavy (non-hydrogen) atoms. The molecule has 1 saturated carbocycles. The lowest BCUT2D eigenvalue weighted by Crippen LogP contribution is -2.37. The van der Waals surface area contributed by atoms with Gasteiger partial charge in [0.05, 0.1) is 16.1 Å². The number of aromatic carboxylic acids is 1. The van der Waals surface area contributed by atoms with Crippen LogP contribution in [0.1, 0.15) is 63.4 Å². The molecule has 0 amide bonds. The lowest BCUT2D eigenvalue weighted by Gasteiger charge is -2.36. The maximum absolute atomic E-state index is 13.4. The number of carbonyl (C=O) groups excluding carboxylic acids is 1. The number of anilines is 1. The van der Waals surface area contributed by atoms with Crippen molar-refractivity contribution in [3.8, 4) is 0 Å². The molecule has 2 heterocycles. The molecule has 0 spiro atoms. The Kier molecular flexibility index (Phi) is 3.91. The van der Waals surface area contributed by atoms with E-state index in [4.69, 9.17) is 10.3 Å². The van der Waals surface area contributed by atoms with Crippen LogP contribution < -0.4 is 5.73 Å². The number of carbonyl (C=O) groups is 2. The van der Waals surface area contributed by atoms with Gasteiger partial charge in [-0.25, -0.2) is 4.79 Å². The summed E-state index contributed by atoms with van der Waals surface area (Å²) in [6.45, 7) is 0. The minimum atomic E-state index is -1.04. The first kappa shape index (κ1) is 16.3. The van der Waals surface area contributed by atoms with E-state index in [1.807, 2.05) is 6.07 Å². The Labute approximate surface area is 149 Å². The first-order valence-corrected chi connectivity index (χ1v) is 9.40. The number of carboxylic acids is 1. The predicted molar refractivity (Wildman–Crippen MR) is 92.9 cm³/mol. The third-order valence-corrected chi connectivity index (χ3v) is 6.58. The fraction of sp³-hybridized carbons (Fsp3) is 0.500. The highest BCUT2D eigenvalue weighted by molar-refractivity contribution is 7.18. The van der Waals surface area contributed by atoms with Gasteiger partial charge in [-0.15, -0.1) is 11.3 Å². The summed E-state index contributed by atoms with van der Waals surface area (Å²) >= 11 is 1.14. The molecule has 2 aromatic heterocycles. The molecule has 2 aliphatic carbocycles. The Balaban J connectivity index is 1.66. The molecule has 0 aliphatic heterocycles. The number of fused-ring (bicyclic) bond motifs is 1. The minimum Gasteiger partial charge on any atom is -0.478 e. The van der Waals surface area contributed by atoms with Gasteiger partial charge in [-0.1, -0.05) is 18.0 Å². The van der Waals surface area contributed by atoms with Crippen molar-refractivity contribution >= 4 is 28.1 Å². The van der Waals surface area contributed by atoms with Crippen molar-refractivity contribution in [1.82, 2.24) is 5.16 Å². The fourth-order valence-electron chi connectivity index (χ4n) is 4.00. The van der Waals surface area contributed by atoms with Crippen molar-refractivity contribution in [3.05, 3.63) is 34.0 Å². The van der Waals surface area contributed by atoms with Crippen LogP contribution in [-0.4, -0.2) is 22.0 Å². The Bertz CT molecular complexity index is 822. The highest BCUT2D eigenvalue weighted by Gasteiger charge is 2.47. The molecular weight excluding hydrogens is 340 g/mol. The monoisotopic (exact) mass is 360 g/mol. The number of thiophene rings is 1. The normalized spacial score (nSPS) is 22.8. The van der Waals surface area contributed by atoms with E-state index < -0.39 is 11.4 Å². The summed E-state index contributed by atoms with van der Waals surface area (Å²) in [7, 11) is 0. The van der Waals surface area contributed by atoms with Crippen molar-refractivity contribution in [2.24, 2.45) is 11.3 Å². The Hall–Kier alpha value is -2.15. The lowest BCUT2D eigenvalue weighted by molar-refractivity contribution is 0.0691. The topological polar surface area (TPSA) is 106 Å². The van der Waals surface area contributed by atoms with Gasteiger partial charge >= 0.3 is 5.97 Å². The number of carboxylic acid groups (broad SMARTS) is 1. The van der Waals surface area contributed by atoms with Crippen molar-refractivity contribution < 1.29 is 19.2 Å². The van der Waals surface area contributed by atoms with Gasteiger partial charge in [0.1, 0.15) is 11.3 Å². The van der Waals surface area contributed by atoms with Gasteiger partial charge in [0.25, 0.3) is 0 Å². The number of aromatic nitrogens is 1. The smallest absolute Gasteiger partial charge is 0.338 e. The number of rotatable bonds is 6. The molecule has 0 radical (unpaired) electrons. The van der Waals surface area contributed by atoms with E-state index >= 15 is 0 Å². The Morgan fingerprint density at radius 2 is 2.28 bits per heavy atom. The van der Waals surface area contributed by atoms with Gasteiger partial charge in [0, 0.05) is 11.5 Å². The van der Waals surface area contributed by atoms with Gasteiger partial charge < -0.3 is 15.4 Å². The standard InChI is InChI=1S/C18H20N2O4S/c19-16-13(17(22)23)12-4-7-18(9-10-1-2-10,15(21)14(12)25-16)6-3-11-5-8-24-20-11/h5,8,10H,1-4,6-7,9,19H2,(H,22,23). The van der Waals surface area contributed by atoms with Crippen molar-refractivity contribution in [2.45, 2.75) is 44.9 Å². The summed E-state index contributed by atoms with van der Waals surface area (Å²) in [5.41, 5.74) is 7.08. The third kappa shape index (κ3) is 2.86. The highest BCUT2D eigenvalue weighted by Crippen LogP contribution is 2.51.